The van der Waals surface area contributed by atoms with Crippen molar-refractivity contribution in [2.75, 3.05) is 5.43 Å². The molecule has 0 atom stereocenters. The summed E-state index contributed by atoms with van der Waals surface area (Å²) in [6.45, 7) is 0. The number of hydrazine groups is 1. The van der Waals surface area contributed by atoms with Crippen molar-refractivity contribution in [1.82, 2.24) is 5.20 Å². The second kappa shape index (κ2) is 7.83. The average Bonchev–Trinajstić information content (AvgIpc) is 2.63. The summed E-state index contributed by atoms with van der Waals surface area (Å²) in [5.74, 6) is 0.403. The summed E-state index contributed by atoms with van der Waals surface area (Å²) < 4.78 is 37.2. The summed E-state index contributed by atoms with van der Waals surface area (Å²) in [7, 11) is -3.80. The fraction of sp³-hybridized carbons (Fsp3) is 0. The first-order chi connectivity index (χ1) is 12.1. The van der Waals surface area contributed by atoms with Crippen molar-refractivity contribution in [1.29, 1.82) is 0 Å². The number of hydrogen-bond donors (Lipinski definition) is 2. The Bertz CT molecular complexity index is 800. The summed E-state index contributed by atoms with van der Waals surface area (Å²) in [5.41, 5.74) is 3.23. The summed E-state index contributed by atoms with van der Waals surface area (Å²) in [6, 6.07) is 22.9. The molecule has 128 valence electrons. The van der Waals surface area contributed by atoms with Crippen LogP contribution in [0.4, 0.5) is 10.1 Å². The van der Waals surface area contributed by atoms with E-state index in [1.807, 2.05) is 12.1 Å². The highest BCUT2D eigenvalue weighted by Crippen LogP contribution is 2.44. The minimum atomic E-state index is -3.80. The lowest BCUT2D eigenvalue weighted by atomic mass is 10.3. The Morgan fingerprint density at radius 2 is 1.20 bits per heavy atom. The third kappa shape index (κ3) is 5.08. The molecule has 0 amide bonds. The van der Waals surface area contributed by atoms with Crippen molar-refractivity contribution in [3.05, 3.63) is 90.7 Å². The second-order valence-electron chi connectivity index (χ2n) is 5.05. The highest BCUT2D eigenvalue weighted by molar-refractivity contribution is 7.52. The van der Waals surface area contributed by atoms with Crippen molar-refractivity contribution in [3.63, 3.8) is 0 Å². The van der Waals surface area contributed by atoms with Gasteiger partial charge in [0.05, 0.1) is 0 Å². The monoisotopic (exact) mass is 358 g/mol. The standard InChI is InChI=1S/C18H16FN2O3P/c19-15-11-13-16(14-12-15)20-21-25(22,23-17-7-3-1-4-8-17)24-18-9-5-2-6-10-18/h1-14,20H,(H,21,22). The van der Waals surface area contributed by atoms with Crippen LogP contribution in [0.2, 0.25) is 0 Å². The Balaban J connectivity index is 1.77. The van der Waals surface area contributed by atoms with E-state index in [2.05, 4.69) is 10.6 Å². The number of nitrogens with one attached hydrogen (secondary N) is 2. The van der Waals surface area contributed by atoms with E-state index in [0.29, 0.717) is 17.2 Å². The highest BCUT2D eigenvalue weighted by atomic mass is 31.2. The number of para-hydroxylation sites is 2. The minimum Gasteiger partial charge on any atom is -0.404 e. The van der Waals surface area contributed by atoms with Gasteiger partial charge in [-0.25, -0.2) is 8.96 Å². The summed E-state index contributed by atoms with van der Waals surface area (Å²) >= 11 is 0. The predicted molar refractivity (Wildman–Crippen MR) is 94.9 cm³/mol. The number of halogens is 1. The van der Waals surface area contributed by atoms with Gasteiger partial charge in [-0.3, -0.25) is 0 Å². The third-order valence-corrected chi connectivity index (χ3v) is 4.41. The van der Waals surface area contributed by atoms with Crippen LogP contribution in [0.5, 0.6) is 11.5 Å². The molecule has 25 heavy (non-hydrogen) atoms. The zero-order chi connectivity index (χ0) is 17.5. The molecule has 0 spiro atoms. The molecule has 0 radical (unpaired) electrons. The van der Waals surface area contributed by atoms with Gasteiger partial charge in [0.15, 0.2) is 0 Å². The maximum absolute atomic E-state index is 13.1. The zero-order valence-corrected chi connectivity index (χ0v) is 14.0. The van der Waals surface area contributed by atoms with Crippen LogP contribution >= 0.6 is 7.75 Å². The molecule has 2 N–H and O–H groups in total. The van der Waals surface area contributed by atoms with Gasteiger partial charge < -0.3 is 14.5 Å². The first kappa shape index (κ1) is 17.0. The van der Waals surface area contributed by atoms with Crippen LogP contribution in [0.25, 0.3) is 0 Å². The molecule has 7 heteroatoms. The van der Waals surface area contributed by atoms with Crippen LogP contribution in [-0.4, -0.2) is 0 Å². The molecular formula is C18H16FN2O3P. The Morgan fingerprint density at radius 3 is 1.68 bits per heavy atom. The SMILES string of the molecule is O=P(NNc1ccc(F)cc1)(Oc1ccccc1)Oc1ccccc1. The van der Waals surface area contributed by atoms with Crippen LogP contribution in [0.3, 0.4) is 0 Å². The van der Waals surface area contributed by atoms with E-state index in [1.54, 1.807) is 48.5 Å². The van der Waals surface area contributed by atoms with Gasteiger partial charge in [0.2, 0.25) is 0 Å². The van der Waals surface area contributed by atoms with Crippen LogP contribution in [0, 0.1) is 5.82 Å². The van der Waals surface area contributed by atoms with Crippen LogP contribution in [0.15, 0.2) is 84.9 Å². The van der Waals surface area contributed by atoms with Gasteiger partial charge in [-0.1, -0.05) is 36.4 Å². The van der Waals surface area contributed by atoms with E-state index in [4.69, 9.17) is 9.05 Å². The quantitative estimate of drug-likeness (QED) is 0.459. The smallest absolute Gasteiger partial charge is 0.404 e. The number of hydrogen-bond acceptors (Lipinski definition) is 4. The van der Waals surface area contributed by atoms with E-state index < -0.39 is 7.75 Å². The predicted octanol–water partition coefficient (Wildman–Crippen LogP) is 5.01. The fourth-order valence-electron chi connectivity index (χ4n) is 1.97. The zero-order valence-electron chi connectivity index (χ0n) is 13.1. The van der Waals surface area contributed by atoms with E-state index in [9.17, 15) is 8.96 Å². The lowest BCUT2D eigenvalue weighted by Crippen LogP contribution is -2.24. The van der Waals surface area contributed by atoms with Gasteiger partial charge in [0.25, 0.3) is 0 Å². The van der Waals surface area contributed by atoms with Crippen molar-refractivity contribution in [2.24, 2.45) is 0 Å². The highest BCUT2D eigenvalue weighted by Gasteiger charge is 2.28. The molecule has 0 heterocycles. The molecule has 0 aliphatic rings. The molecule has 0 aromatic heterocycles. The van der Waals surface area contributed by atoms with Gasteiger partial charge in [-0.05, 0) is 48.5 Å². The average molecular weight is 358 g/mol. The van der Waals surface area contributed by atoms with Gasteiger partial charge in [0, 0.05) is 5.69 Å². The molecule has 3 aromatic carbocycles. The maximum atomic E-state index is 13.1. The normalized spacial score (nSPS) is 10.9. The molecule has 0 saturated carbocycles. The van der Waals surface area contributed by atoms with E-state index in [-0.39, 0.29) is 5.82 Å². The van der Waals surface area contributed by atoms with Crippen molar-refractivity contribution < 1.29 is 18.0 Å². The summed E-state index contributed by atoms with van der Waals surface area (Å²) in [5, 5.41) is 2.57. The Labute approximate surface area is 145 Å². The first-order valence-electron chi connectivity index (χ1n) is 7.51. The topological polar surface area (TPSA) is 59.6 Å². The number of anilines is 1. The van der Waals surface area contributed by atoms with Crippen molar-refractivity contribution in [3.8, 4) is 11.5 Å². The van der Waals surface area contributed by atoms with Crippen LogP contribution < -0.4 is 19.7 Å². The molecule has 0 saturated heterocycles. The molecule has 0 aliphatic carbocycles. The summed E-state index contributed by atoms with van der Waals surface area (Å²) in [4.78, 5) is 0. The minimum absolute atomic E-state index is 0.366. The fourth-order valence-corrected chi connectivity index (χ4v) is 3.16. The molecule has 0 aliphatic heterocycles. The Morgan fingerprint density at radius 1 is 0.720 bits per heavy atom. The first-order valence-corrected chi connectivity index (χ1v) is 9.05. The van der Waals surface area contributed by atoms with Crippen molar-refractivity contribution in [2.45, 2.75) is 0 Å². The van der Waals surface area contributed by atoms with E-state index in [0.717, 1.165) is 0 Å². The van der Waals surface area contributed by atoms with E-state index in [1.165, 1.54) is 24.3 Å². The lowest BCUT2D eigenvalue weighted by molar-refractivity contribution is 0.375. The maximum Gasteiger partial charge on any atom is 0.530 e. The number of rotatable bonds is 7. The van der Waals surface area contributed by atoms with E-state index >= 15 is 0 Å². The molecule has 3 aromatic rings. The van der Waals surface area contributed by atoms with Gasteiger partial charge >= 0.3 is 7.75 Å². The lowest BCUT2D eigenvalue weighted by Gasteiger charge is -2.21. The third-order valence-electron chi connectivity index (χ3n) is 3.12. The van der Waals surface area contributed by atoms with Crippen LogP contribution in [0.1, 0.15) is 0 Å². The molecule has 0 unspecified atom stereocenters. The Hall–Kier alpha value is -2.82. The van der Waals surface area contributed by atoms with Gasteiger partial charge in [0.1, 0.15) is 17.3 Å². The summed E-state index contributed by atoms with van der Waals surface area (Å²) in [6.07, 6.45) is 0. The second-order valence-corrected chi connectivity index (χ2v) is 6.63. The van der Waals surface area contributed by atoms with Gasteiger partial charge in [-0.2, -0.15) is 0 Å². The number of benzene rings is 3. The van der Waals surface area contributed by atoms with Gasteiger partial charge in [-0.15, -0.1) is 5.20 Å². The molecule has 0 fully saturated rings. The largest absolute Gasteiger partial charge is 0.530 e. The molecular weight excluding hydrogens is 342 g/mol. The van der Waals surface area contributed by atoms with Crippen LogP contribution in [-0.2, 0) is 4.57 Å². The molecule has 0 bridgehead atoms. The molecule has 3 rings (SSSR count). The molecule has 5 nitrogen and oxygen atoms in total. The Kier molecular flexibility index (Phi) is 5.33. The van der Waals surface area contributed by atoms with Crippen molar-refractivity contribution >= 4 is 13.4 Å².